The maximum atomic E-state index is 11.3. The molecule has 1 amide bonds. The highest BCUT2D eigenvalue weighted by atomic mass is 32.1. The van der Waals surface area contributed by atoms with Gasteiger partial charge in [-0.1, -0.05) is 30.6 Å². The van der Waals surface area contributed by atoms with Gasteiger partial charge in [0.05, 0.1) is 28.5 Å². The number of aromatic nitrogens is 3. The number of aryl methyl sites for hydroxylation is 2. The largest absolute Gasteiger partial charge is 0.302 e. The van der Waals surface area contributed by atoms with Crippen molar-refractivity contribution >= 4 is 22.4 Å². The number of hydrogen-bond donors (Lipinski definition) is 1. The van der Waals surface area contributed by atoms with Crippen molar-refractivity contribution in [1.82, 2.24) is 14.8 Å². The molecule has 0 saturated heterocycles. The van der Waals surface area contributed by atoms with E-state index in [-0.39, 0.29) is 5.91 Å². The van der Waals surface area contributed by atoms with Crippen LogP contribution in [-0.4, -0.2) is 20.7 Å². The number of hydrogen-bond acceptors (Lipinski definition) is 4. The van der Waals surface area contributed by atoms with E-state index in [4.69, 9.17) is 5.10 Å². The Morgan fingerprint density at radius 1 is 1.26 bits per heavy atom. The van der Waals surface area contributed by atoms with Crippen molar-refractivity contribution in [3.63, 3.8) is 0 Å². The summed E-state index contributed by atoms with van der Waals surface area (Å²) in [7, 11) is 0. The Labute approximate surface area is 140 Å². The average molecular weight is 330 g/mol. The molecule has 1 saturated carbocycles. The predicted octanol–water partition coefficient (Wildman–Crippen LogP) is 3.96. The predicted molar refractivity (Wildman–Crippen MR) is 91.8 cm³/mol. The van der Waals surface area contributed by atoms with E-state index in [0.717, 1.165) is 25.0 Å². The molecule has 0 atom stereocenters. The number of nitrogens with zero attached hydrogens (tertiary/aromatic N) is 3. The first-order valence-corrected chi connectivity index (χ1v) is 9.38. The van der Waals surface area contributed by atoms with Crippen LogP contribution in [0.5, 0.6) is 0 Å². The van der Waals surface area contributed by atoms with Crippen LogP contribution in [0.1, 0.15) is 62.7 Å². The summed E-state index contributed by atoms with van der Waals surface area (Å²) in [5, 5.41) is 8.30. The SMILES string of the molecule is CC(=O)Nc1nc2c(s1)-c1c(cnn1C1CCCCC1)CCC2. The molecule has 0 spiro atoms. The summed E-state index contributed by atoms with van der Waals surface area (Å²) in [4.78, 5) is 17.2. The van der Waals surface area contributed by atoms with Crippen molar-refractivity contribution in [3.05, 3.63) is 17.5 Å². The van der Waals surface area contributed by atoms with E-state index >= 15 is 0 Å². The average Bonchev–Trinajstić information content (AvgIpc) is 3.08. The lowest BCUT2D eigenvalue weighted by atomic mass is 9.95. The van der Waals surface area contributed by atoms with Crippen molar-refractivity contribution in [1.29, 1.82) is 0 Å². The molecule has 0 bridgehead atoms. The van der Waals surface area contributed by atoms with Gasteiger partial charge in [0.1, 0.15) is 0 Å². The Kier molecular flexibility index (Phi) is 3.93. The van der Waals surface area contributed by atoms with Crippen molar-refractivity contribution in [3.8, 4) is 10.6 Å². The minimum absolute atomic E-state index is 0.0603. The van der Waals surface area contributed by atoms with Crippen LogP contribution in [0.15, 0.2) is 6.20 Å². The first-order chi connectivity index (χ1) is 11.2. The highest BCUT2D eigenvalue weighted by Crippen LogP contribution is 2.41. The highest BCUT2D eigenvalue weighted by Gasteiger charge is 2.27. The van der Waals surface area contributed by atoms with Gasteiger partial charge in [-0.25, -0.2) is 4.98 Å². The maximum absolute atomic E-state index is 11.3. The van der Waals surface area contributed by atoms with Gasteiger partial charge in [-0.05, 0) is 37.7 Å². The zero-order valence-electron chi connectivity index (χ0n) is 13.5. The summed E-state index contributed by atoms with van der Waals surface area (Å²) in [6.07, 6.45) is 11.6. The molecule has 0 radical (unpaired) electrons. The summed E-state index contributed by atoms with van der Waals surface area (Å²) >= 11 is 1.60. The normalized spacial score (nSPS) is 18.1. The highest BCUT2D eigenvalue weighted by molar-refractivity contribution is 7.19. The molecule has 2 aliphatic rings. The van der Waals surface area contributed by atoms with Crippen LogP contribution in [0.4, 0.5) is 5.13 Å². The number of nitrogens with one attached hydrogen (secondary N) is 1. The zero-order valence-corrected chi connectivity index (χ0v) is 14.3. The van der Waals surface area contributed by atoms with E-state index in [1.807, 2.05) is 0 Å². The fourth-order valence-electron chi connectivity index (χ4n) is 3.79. The van der Waals surface area contributed by atoms with E-state index in [9.17, 15) is 4.79 Å². The van der Waals surface area contributed by atoms with Gasteiger partial charge in [-0.2, -0.15) is 5.10 Å². The quantitative estimate of drug-likeness (QED) is 0.906. The van der Waals surface area contributed by atoms with Gasteiger partial charge in [0.15, 0.2) is 5.13 Å². The Hall–Kier alpha value is -1.69. The van der Waals surface area contributed by atoms with Crippen LogP contribution >= 0.6 is 11.3 Å². The van der Waals surface area contributed by atoms with Crippen molar-refractivity contribution in [2.75, 3.05) is 5.32 Å². The van der Waals surface area contributed by atoms with E-state index in [1.54, 1.807) is 11.3 Å². The molecule has 1 N–H and O–H groups in total. The third-order valence-electron chi connectivity index (χ3n) is 4.85. The third kappa shape index (κ3) is 2.80. The van der Waals surface area contributed by atoms with Crippen molar-refractivity contribution in [2.45, 2.75) is 64.3 Å². The smallest absolute Gasteiger partial charge is 0.223 e. The summed E-state index contributed by atoms with van der Waals surface area (Å²) in [6.45, 7) is 1.53. The Balaban J connectivity index is 1.77. The molecule has 1 fully saturated rings. The van der Waals surface area contributed by atoms with Gasteiger partial charge in [0, 0.05) is 6.92 Å². The zero-order chi connectivity index (χ0) is 15.8. The van der Waals surface area contributed by atoms with Gasteiger partial charge in [-0.3, -0.25) is 9.48 Å². The van der Waals surface area contributed by atoms with Crippen LogP contribution in [0.25, 0.3) is 10.6 Å². The van der Waals surface area contributed by atoms with E-state index in [1.165, 1.54) is 55.2 Å². The van der Waals surface area contributed by atoms with Crippen molar-refractivity contribution in [2.24, 2.45) is 0 Å². The minimum Gasteiger partial charge on any atom is -0.302 e. The monoisotopic (exact) mass is 330 g/mol. The summed E-state index contributed by atoms with van der Waals surface area (Å²) in [6, 6.07) is 0.518. The Bertz CT molecular complexity index is 727. The number of thiazole rings is 1. The summed E-state index contributed by atoms with van der Waals surface area (Å²) < 4.78 is 2.26. The maximum Gasteiger partial charge on any atom is 0.223 e. The van der Waals surface area contributed by atoms with Crippen LogP contribution in [0.3, 0.4) is 0 Å². The molecule has 0 aliphatic heterocycles. The standard InChI is InChI=1S/C17H22N4OS/c1-11(22)19-17-20-14-9-5-6-12-10-18-21(15(12)16(14)23-17)13-7-3-2-4-8-13/h10,13H,2-9H2,1H3,(H,19,20,22). The second kappa shape index (κ2) is 6.07. The molecular weight excluding hydrogens is 308 g/mol. The molecule has 0 aromatic carbocycles. The van der Waals surface area contributed by atoms with Crippen LogP contribution in [-0.2, 0) is 17.6 Å². The molecule has 2 aliphatic carbocycles. The fourth-order valence-corrected chi connectivity index (χ4v) is 4.92. The number of rotatable bonds is 2. The lowest BCUT2D eigenvalue weighted by molar-refractivity contribution is -0.114. The Morgan fingerprint density at radius 2 is 2.09 bits per heavy atom. The molecule has 122 valence electrons. The van der Waals surface area contributed by atoms with Gasteiger partial charge in [-0.15, -0.1) is 0 Å². The van der Waals surface area contributed by atoms with E-state index in [0.29, 0.717) is 11.2 Å². The Morgan fingerprint density at radius 3 is 2.87 bits per heavy atom. The second-order valence-corrected chi connectivity index (χ2v) is 7.58. The lowest BCUT2D eigenvalue weighted by Crippen LogP contribution is -2.15. The van der Waals surface area contributed by atoms with Crippen LogP contribution in [0, 0.1) is 0 Å². The van der Waals surface area contributed by atoms with E-state index in [2.05, 4.69) is 21.2 Å². The molecule has 5 nitrogen and oxygen atoms in total. The molecule has 2 aromatic rings. The first kappa shape index (κ1) is 14.9. The van der Waals surface area contributed by atoms with Gasteiger partial charge in [0.2, 0.25) is 5.91 Å². The molecule has 6 heteroatoms. The molecule has 2 heterocycles. The van der Waals surface area contributed by atoms with Crippen LogP contribution < -0.4 is 5.32 Å². The second-order valence-electron chi connectivity index (χ2n) is 6.58. The molecular formula is C17H22N4OS. The lowest BCUT2D eigenvalue weighted by Gasteiger charge is -2.24. The molecule has 2 aromatic heterocycles. The van der Waals surface area contributed by atoms with Crippen LogP contribution in [0.2, 0.25) is 0 Å². The molecule has 4 rings (SSSR count). The van der Waals surface area contributed by atoms with Gasteiger partial charge < -0.3 is 5.32 Å². The van der Waals surface area contributed by atoms with Crippen molar-refractivity contribution < 1.29 is 4.79 Å². The summed E-state index contributed by atoms with van der Waals surface area (Å²) in [5.41, 5.74) is 3.72. The topological polar surface area (TPSA) is 59.8 Å². The summed E-state index contributed by atoms with van der Waals surface area (Å²) in [5.74, 6) is -0.0603. The molecule has 0 unspecified atom stereocenters. The number of amides is 1. The fraction of sp³-hybridized carbons (Fsp3) is 0.588. The minimum atomic E-state index is -0.0603. The number of carbonyl (C=O) groups is 1. The van der Waals surface area contributed by atoms with Gasteiger partial charge in [0.25, 0.3) is 0 Å². The number of anilines is 1. The third-order valence-corrected chi connectivity index (χ3v) is 5.87. The molecule has 23 heavy (non-hydrogen) atoms. The number of fused-ring (bicyclic) bond motifs is 3. The van der Waals surface area contributed by atoms with E-state index < -0.39 is 0 Å². The van der Waals surface area contributed by atoms with Gasteiger partial charge >= 0.3 is 0 Å². The first-order valence-electron chi connectivity index (χ1n) is 8.56. The number of carbonyl (C=O) groups excluding carboxylic acids is 1.